The molecule has 3 rings (SSSR count). The monoisotopic (exact) mass is 262 g/mol. The third-order valence-electron chi connectivity index (χ3n) is 4.90. The van der Waals surface area contributed by atoms with Crippen LogP contribution in [0.3, 0.4) is 0 Å². The zero-order chi connectivity index (χ0) is 12.6. The molecule has 2 aliphatic rings. The lowest BCUT2D eigenvalue weighted by Crippen LogP contribution is -2.31. The van der Waals surface area contributed by atoms with E-state index in [9.17, 15) is 5.11 Å². The molecule has 0 aromatic heterocycles. The van der Waals surface area contributed by atoms with Gasteiger partial charge in [0, 0.05) is 4.90 Å². The summed E-state index contributed by atoms with van der Waals surface area (Å²) in [5, 5.41) is 9.79. The SMILES string of the molecule is CSc1cc(O)cc2c1CC1(CCCCC1)CC2. The lowest BCUT2D eigenvalue weighted by Gasteiger charge is -2.42. The summed E-state index contributed by atoms with van der Waals surface area (Å²) in [4.78, 5) is 1.30. The standard InChI is InChI=1S/C16H22OS/c1-18-15-10-13(17)9-12-5-8-16(11-14(12)15)6-3-2-4-7-16/h9-10,17H,2-8,11H2,1H3. The molecule has 1 fully saturated rings. The van der Waals surface area contributed by atoms with Crippen molar-refractivity contribution in [1.29, 1.82) is 0 Å². The van der Waals surface area contributed by atoms with Gasteiger partial charge in [0.1, 0.15) is 5.75 Å². The summed E-state index contributed by atoms with van der Waals surface area (Å²) in [5.41, 5.74) is 3.52. The highest BCUT2D eigenvalue weighted by Gasteiger charge is 2.36. The van der Waals surface area contributed by atoms with Crippen molar-refractivity contribution in [2.75, 3.05) is 6.26 Å². The van der Waals surface area contributed by atoms with Crippen LogP contribution >= 0.6 is 11.8 Å². The molecule has 1 aromatic rings. The predicted molar refractivity (Wildman–Crippen MR) is 77.4 cm³/mol. The quantitative estimate of drug-likeness (QED) is 0.749. The average Bonchev–Trinajstić information content (AvgIpc) is 2.39. The number of thioether (sulfide) groups is 1. The van der Waals surface area contributed by atoms with Crippen molar-refractivity contribution in [3.8, 4) is 5.75 Å². The number of hydrogen-bond acceptors (Lipinski definition) is 2. The Kier molecular flexibility index (Phi) is 3.31. The van der Waals surface area contributed by atoms with Crippen molar-refractivity contribution in [2.45, 2.75) is 56.3 Å². The van der Waals surface area contributed by atoms with E-state index in [1.165, 1.54) is 61.0 Å². The van der Waals surface area contributed by atoms with Gasteiger partial charge in [0.05, 0.1) is 0 Å². The van der Waals surface area contributed by atoms with Gasteiger partial charge in [0.25, 0.3) is 0 Å². The van der Waals surface area contributed by atoms with Crippen LogP contribution in [0.4, 0.5) is 0 Å². The van der Waals surface area contributed by atoms with E-state index in [4.69, 9.17) is 0 Å². The van der Waals surface area contributed by atoms with E-state index < -0.39 is 0 Å². The molecule has 18 heavy (non-hydrogen) atoms. The Morgan fingerprint density at radius 2 is 1.89 bits per heavy atom. The van der Waals surface area contributed by atoms with Crippen LogP contribution in [0.1, 0.15) is 49.7 Å². The Morgan fingerprint density at radius 1 is 1.11 bits per heavy atom. The van der Waals surface area contributed by atoms with Crippen LogP contribution in [0.2, 0.25) is 0 Å². The van der Waals surface area contributed by atoms with E-state index >= 15 is 0 Å². The zero-order valence-corrected chi connectivity index (χ0v) is 12.0. The van der Waals surface area contributed by atoms with Gasteiger partial charge in [-0.25, -0.2) is 0 Å². The molecule has 0 bridgehead atoms. The molecule has 1 N–H and O–H groups in total. The summed E-state index contributed by atoms with van der Waals surface area (Å²) in [6, 6.07) is 3.94. The highest BCUT2D eigenvalue weighted by molar-refractivity contribution is 7.98. The normalized spacial score (nSPS) is 21.8. The molecule has 98 valence electrons. The number of hydrogen-bond donors (Lipinski definition) is 1. The minimum absolute atomic E-state index is 0.442. The fraction of sp³-hybridized carbons (Fsp3) is 0.625. The fourth-order valence-corrected chi connectivity index (χ4v) is 4.57. The Labute approximate surface area is 114 Å². The number of phenolic OH excluding ortho intramolecular Hbond substituents is 1. The molecular formula is C16H22OS. The van der Waals surface area contributed by atoms with Crippen LogP contribution in [0.25, 0.3) is 0 Å². The minimum atomic E-state index is 0.442. The Balaban J connectivity index is 1.95. The van der Waals surface area contributed by atoms with Gasteiger partial charge in [-0.2, -0.15) is 0 Å². The smallest absolute Gasteiger partial charge is 0.116 e. The van der Waals surface area contributed by atoms with E-state index in [1.54, 1.807) is 11.8 Å². The first-order chi connectivity index (χ1) is 8.72. The first-order valence-corrected chi connectivity index (χ1v) is 8.34. The molecule has 0 saturated heterocycles. The molecule has 1 nitrogen and oxygen atoms in total. The highest BCUT2D eigenvalue weighted by atomic mass is 32.2. The van der Waals surface area contributed by atoms with Crippen molar-refractivity contribution in [3.63, 3.8) is 0 Å². The summed E-state index contributed by atoms with van der Waals surface area (Å²) in [7, 11) is 0. The van der Waals surface area contributed by atoms with Gasteiger partial charge in [0.2, 0.25) is 0 Å². The Hall–Kier alpha value is -0.630. The number of aromatic hydroxyl groups is 1. The number of benzene rings is 1. The van der Waals surface area contributed by atoms with Gasteiger partial charge >= 0.3 is 0 Å². The molecule has 0 aliphatic heterocycles. The zero-order valence-electron chi connectivity index (χ0n) is 11.2. The molecule has 0 unspecified atom stereocenters. The number of rotatable bonds is 1. The number of phenols is 1. The maximum absolute atomic E-state index is 9.79. The first-order valence-electron chi connectivity index (χ1n) is 7.11. The molecule has 0 atom stereocenters. The van der Waals surface area contributed by atoms with E-state index in [0.29, 0.717) is 11.2 Å². The predicted octanol–water partition coefficient (Wildman–Crippen LogP) is 4.55. The Bertz CT molecular complexity index is 429. The molecule has 0 amide bonds. The van der Waals surface area contributed by atoms with Crippen molar-refractivity contribution in [3.05, 3.63) is 23.3 Å². The average molecular weight is 262 g/mol. The second kappa shape index (κ2) is 4.80. The van der Waals surface area contributed by atoms with Crippen molar-refractivity contribution in [2.24, 2.45) is 5.41 Å². The van der Waals surface area contributed by atoms with Crippen LogP contribution in [-0.4, -0.2) is 11.4 Å². The molecule has 0 radical (unpaired) electrons. The lowest BCUT2D eigenvalue weighted by molar-refractivity contribution is 0.161. The number of fused-ring (bicyclic) bond motifs is 1. The Morgan fingerprint density at radius 3 is 2.61 bits per heavy atom. The van der Waals surface area contributed by atoms with Crippen molar-refractivity contribution < 1.29 is 5.11 Å². The van der Waals surface area contributed by atoms with Gasteiger partial charge in [-0.05, 0) is 67.0 Å². The van der Waals surface area contributed by atoms with Crippen molar-refractivity contribution in [1.82, 2.24) is 0 Å². The van der Waals surface area contributed by atoms with Crippen LogP contribution in [0, 0.1) is 5.41 Å². The summed E-state index contributed by atoms with van der Waals surface area (Å²) < 4.78 is 0. The summed E-state index contributed by atoms with van der Waals surface area (Å²) in [6.07, 6.45) is 13.0. The molecule has 2 heteroatoms. The third kappa shape index (κ3) is 2.16. The van der Waals surface area contributed by atoms with Gasteiger partial charge < -0.3 is 5.11 Å². The highest BCUT2D eigenvalue weighted by Crippen LogP contribution is 2.48. The number of aryl methyl sites for hydroxylation is 1. The minimum Gasteiger partial charge on any atom is -0.508 e. The fourth-order valence-electron chi connectivity index (χ4n) is 3.88. The second-order valence-electron chi connectivity index (χ2n) is 6.02. The largest absolute Gasteiger partial charge is 0.508 e. The van der Waals surface area contributed by atoms with Gasteiger partial charge in [-0.3, -0.25) is 0 Å². The van der Waals surface area contributed by atoms with Crippen molar-refractivity contribution >= 4 is 11.8 Å². The van der Waals surface area contributed by atoms with E-state index in [1.807, 2.05) is 12.1 Å². The van der Waals surface area contributed by atoms with Crippen LogP contribution in [0.15, 0.2) is 17.0 Å². The summed E-state index contributed by atoms with van der Waals surface area (Å²) in [6.45, 7) is 0. The maximum Gasteiger partial charge on any atom is 0.116 e. The lowest BCUT2D eigenvalue weighted by atomic mass is 9.64. The summed E-state index contributed by atoms with van der Waals surface area (Å²) in [5.74, 6) is 0.442. The van der Waals surface area contributed by atoms with Crippen LogP contribution < -0.4 is 0 Å². The summed E-state index contributed by atoms with van der Waals surface area (Å²) >= 11 is 1.78. The third-order valence-corrected chi connectivity index (χ3v) is 5.70. The van der Waals surface area contributed by atoms with Crippen LogP contribution in [-0.2, 0) is 12.8 Å². The first kappa shape index (κ1) is 12.4. The molecule has 1 spiro atoms. The molecule has 2 aliphatic carbocycles. The molecule has 1 aromatic carbocycles. The molecule has 0 heterocycles. The van der Waals surface area contributed by atoms with Crippen LogP contribution in [0.5, 0.6) is 5.75 Å². The molecule has 1 saturated carbocycles. The van der Waals surface area contributed by atoms with Gasteiger partial charge in [-0.15, -0.1) is 11.8 Å². The van der Waals surface area contributed by atoms with E-state index in [2.05, 4.69) is 6.26 Å². The molecular weight excluding hydrogens is 240 g/mol. The van der Waals surface area contributed by atoms with Gasteiger partial charge in [0.15, 0.2) is 0 Å². The van der Waals surface area contributed by atoms with Gasteiger partial charge in [-0.1, -0.05) is 19.3 Å². The maximum atomic E-state index is 9.79. The van der Waals surface area contributed by atoms with E-state index in [-0.39, 0.29) is 0 Å². The second-order valence-corrected chi connectivity index (χ2v) is 6.87. The van der Waals surface area contributed by atoms with E-state index in [0.717, 1.165) is 6.42 Å². The topological polar surface area (TPSA) is 20.2 Å².